The van der Waals surface area contributed by atoms with Crippen molar-refractivity contribution in [2.45, 2.75) is 18.8 Å². The summed E-state index contributed by atoms with van der Waals surface area (Å²) in [5, 5.41) is 6.95. The third-order valence-electron chi connectivity index (χ3n) is 11.1. The summed E-state index contributed by atoms with van der Waals surface area (Å²) in [5.41, 5.74) is 8.15. The van der Waals surface area contributed by atoms with Crippen LogP contribution in [0.5, 0.6) is 0 Å². The van der Waals surface area contributed by atoms with Crippen LogP contribution in [0.2, 0.25) is 0 Å². The highest BCUT2D eigenvalue weighted by molar-refractivity contribution is 6.20. The third-order valence-corrected chi connectivity index (χ3v) is 11.1. The Morgan fingerprint density at radius 3 is 2.00 bits per heavy atom. The number of fused-ring (bicyclic) bond motifs is 8. The normalized spacial score (nSPS) is 15.6. The Morgan fingerprint density at radius 1 is 0.545 bits per heavy atom. The highest BCUT2D eigenvalue weighted by atomic mass is 15.2. The predicted molar refractivity (Wildman–Crippen MR) is 225 cm³/mol. The Hall–Kier alpha value is -7.18. The van der Waals surface area contributed by atoms with Crippen molar-refractivity contribution in [1.82, 2.24) is 29.1 Å². The quantitative estimate of drug-likeness (QED) is 0.179. The molecule has 0 amide bonds. The summed E-state index contributed by atoms with van der Waals surface area (Å²) >= 11 is 0. The number of benzene rings is 6. The molecule has 0 saturated carbocycles. The molecule has 1 atom stereocenters. The zero-order valence-electron chi connectivity index (χ0n) is 30.1. The molecule has 0 bridgehead atoms. The first-order valence-electron chi connectivity index (χ1n) is 18.7. The third kappa shape index (κ3) is 4.95. The topological polar surface area (TPSA) is 61.4 Å². The number of pyridine rings is 1. The van der Waals surface area contributed by atoms with Crippen LogP contribution in [0.4, 0.5) is 0 Å². The van der Waals surface area contributed by atoms with Crippen molar-refractivity contribution in [2.75, 3.05) is 0 Å². The van der Waals surface area contributed by atoms with E-state index in [1.54, 1.807) is 0 Å². The van der Waals surface area contributed by atoms with E-state index in [1.165, 1.54) is 10.8 Å². The molecule has 1 aliphatic carbocycles. The van der Waals surface area contributed by atoms with Crippen LogP contribution in [0.1, 0.15) is 19.2 Å². The average molecular weight is 707 g/mol. The molecule has 0 saturated heterocycles. The summed E-state index contributed by atoms with van der Waals surface area (Å²) in [6.07, 6.45) is 11.4. The second-order valence-electron chi connectivity index (χ2n) is 14.6. The molecule has 0 aliphatic heterocycles. The second-order valence-corrected chi connectivity index (χ2v) is 14.6. The van der Waals surface area contributed by atoms with Crippen molar-refractivity contribution in [3.8, 4) is 34.2 Å². The van der Waals surface area contributed by atoms with Gasteiger partial charge in [-0.3, -0.25) is 9.13 Å². The van der Waals surface area contributed by atoms with Gasteiger partial charge in [0.2, 0.25) is 5.95 Å². The molecule has 4 aromatic heterocycles. The van der Waals surface area contributed by atoms with Crippen LogP contribution >= 0.6 is 0 Å². The van der Waals surface area contributed by atoms with E-state index >= 15 is 0 Å². The van der Waals surface area contributed by atoms with E-state index in [9.17, 15) is 0 Å². The highest BCUT2D eigenvalue weighted by Gasteiger charge is 2.29. The Bertz CT molecular complexity index is 3190. The van der Waals surface area contributed by atoms with E-state index in [2.05, 4.69) is 168 Å². The molecule has 10 aromatic rings. The summed E-state index contributed by atoms with van der Waals surface area (Å²) in [6, 6.07) is 51.4. The average Bonchev–Trinajstić information content (AvgIpc) is 3.77. The second kappa shape index (κ2) is 12.2. The van der Waals surface area contributed by atoms with Crippen LogP contribution in [-0.4, -0.2) is 29.1 Å². The Morgan fingerprint density at radius 2 is 1.22 bits per heavy atom. The number of para-hydroxylation sites is 2. The van der Waals surface area contributed by atoms with E-state index in [0.29, 0.717) is 11.8 Å². The van der Waals surface area contributed by atoms with Gasteiger partial charge in [0, 0.05) is 49.8 Å². The number of aromatic nitrogens is 6. The molecule has 55 heavy (non-hydrogen) atoms. The van der Waals surface area contributed by atoms with Crippen molar-refractivity contribution in [3.05, 3.63) is 182 Å². The summed E-state index contributed by atoms with van der Waals surface area (Å²) < 4.78 is 4.48. The molecule has 260 valence electrons. The van der Waals surface area contributed by atoms with Crippen LogP contribution in [-0.2, 0) is 5.41 Å². The monoisotopic (exact) mass is 706 g/mol. The Labute approximate surface area is 317 Å². The Kier molecular flexibility index (Phi) is 6.95. The van der Waals surface area contributed by atoms with Crippen LogP contribution in [0, 0.1) is 0 Å². The lowest BCUT2D eigenvalue weighted by atomic mass is 9.83. The van der Waals surface area contributed by atoms with Crippen LogP contribution < -0.4 is 0 Å². The zero-order chi connectivity index (χ0) is 36.5. The van der Waals surface area contributed by atoms with Crippen molar-refractivity contribution >= 4 is 54.5 Å². The minimum Gasteiger partial charge on any atom is -0.294 e. The molecular weight excluding hydrogens is 673 g/mol. The summed E-state index contributed by atoms with van der Waals surface area (Å²) in [6.45, 7) is 2.20. The fourth-order valence-corrected chi connectivity index (χ4v) is 8.35. The Balaban J connectivity index is 1.13. The molecule has 0 radical (unpaired) electrons. The molecule has 6 heteroatoms. The maximum Gasteiger partial charge on any atom is 0.238 e. The molecule has 6 nitrogen and oxygen atoms in total. The minimum absolute atomic E-state index is 0.356. The van der Waals surface area contributed by atoms with E-state index in [-0.39, 0.29) is 5.41 Å². The minimum atomic E-state index is -0.356. The van der Waals surface area contributed by atoms with E-state index in [1.807, 2.05) is 24.4 Å². The van der Waals surface area contributed by atoms with Crippen LogP contribution in [0.25, 0.3) is 88.7 Å². The smallest absolute Gasteiger partial charge is 0.238 e. The lowest BCUT2D eigenvalue weighted by Crippen LogP contribution is -2.24. The van der Waals surface area contributed by atoms with Gasteiger partial charge in [-0.15, -0.1) is 0 Å². The molecular formula is C49H34N6. The van der Waals surface area contributed by atoms with Crippen molar-refractivity contribution in [1.29, 1.82) is 0 Å². The standard InChI is InChI=1S/C49H34N6/c1-49(27-13-4-14-28-49)47-51-45(32-15-5-2-6-16-32)52-48(53-47)55-41-22-12-11-21-38(41)39-29-33(23-25-42(39)55)34-24-26-43-40(30-34)44-37-20-10-9-17-35(37)31-50-46(44)54(43)36-18-7-3-8-19-36/h2-27,29-31H,28H2,1H3. The molecule has 1 aliphatic rings. The fourth-order valence-electron chi connectivity index (χ4n) is 8.35. The largest absolute Gasteiger partial charge is 0.294 e. The van der Waals surface area contributed by atoms with Gasteiger partial charge in [-0.05, 0) is 72.3 Å². The molecule has 6 aromatic carbocycles. The van der Waals surface area contributed by atoms with Gasteiger partial charge in [0.1, 0.15) is 11.5 Å². The van der Waals surface area contributed by atoms with Crippen molar-refractivity contribution < 1.29 is 0 Å². The lowest BCUT2D eigenvalue weighted by molar-refractivity contribution is 0.551. The number of nitrogens with zero attached hydrogens (tertiary/aromatic N) is 6. The van der Waals surface area contributed by atoms with Gasteiger partial charge in [0.25, 0.3) is 0 Å². The number of rotatable bonds is 5. The first kappa shape index (κ1) is 31.4. The number of hydrogen-bond donors (Lipinski definition) is 0. The lowest BCUT2D eigenvalue weighted by Gasteiger charge is -2.25. The number of allylic oxidation sites excluding steroid dienone is 4. The van der Waals surface area contributed by atoms with E-state index < -0.39 is 0 Å². The van der Waals surface area contributed by atoms with E-state index in [0.717, 1.165) is 78.4 Å². The molecule has 11 rings (SSSR count). The highest BCUT2D eigenvalue weighted by Crippen LogP contribution is 2.40. The first-order valence-corrected chi connectivity index (χ1v) is 18.7. The van der Waals surface area contributed by atoms with Gasteiger partial charge in [-0.1, -0.05) is 127 Å². The van der Waals surface area contributed by atoms with Gasteiger partial charge < -0.3 is 0 Å². The van der Waals surface area contributed by atoms with Gasteiger partial charge in [0.15, 0.2) is 5.82 Å². The van der Waals surface area contributed by atoms with Gasteiger partial charge in [-0.2, -0.15) is 9.97 Å². The molecule has 1 unspecified atom stereocenters. The van der Waals surface area contributed by atoms with Gasteiger partial charge >= 0.3 is 0 Å². The molecule has 0 spiro atoms. The molecule has 4 heterocycles. The van der Waals surface area contributed by atoms with Crippen LogP contribution in [0.3, 0.4) is 0 Å². The summed E-state index contributed by atoms with van der Waals surface area (Å²) in [4.78, 5) is 20.5. The maximum atomic E-state index is 5.24. The number of hydrogen-bond acceptors (Lipinski definition) is 4. The molecule has 0 fully saturated rings. The van der Waals surface area contributed by atoms with E-state index in [4.69, 9.17) is 19.9 Å². The SMILES string of the molecule is CC1(c2nc(-c3ccccc3)nc(-n3c4ccccc4c4cc(-c5ccc6c(c5)c5c7ccccc7cnc5n6-c5ccccc5)ccc43)n2)C=CC=CC1. The zero-order valence-corrected chi connectivity index (χ0v) is 30.1. The summed E-state index contributed by atoms with van der Waals surface area (Å²) in [7, 11) is 0. The van der Waals surface area contributed by atoms with Gasteiger partial charge in [-0.25, -0.2) is 9.97 Å². The van der Waals surface area contributed by atoms with Crippen molar-refractivity contribution in [2.24, 2.45) is 0 Å². The maximum absolute atomic E-state index is 5.24. The molecule has 0 N–H and O–H groups in total. The van der Waals surface area contributed by atoms with Gasteiger partial charge in [0.05, 0.1) is 16.6 Å². The summed E-state index contributed by atoms with van der Waals surface area (Å²) in [5.74, 6) is 2.03. The van der Waals surface area contributed by atoms with Crippen LogP contribution in [0.15, 0.2) is 176 Å². The predicted octanol–water partition coefficient (Wildman–Crippen LogP) is 11.7. The first-order chi connectivity index (χ1) is 27.1. The van der Waals surface area contributed by atoms with Crippen molar-refractivity contribution in [3.63, 3.8) is 0 Å². The fraction of sp³-hybridized carbons (Fsp3) is 0.0612.